The van der Waals surface area contributed by atoms with Crippen molar-refractivity contribution in [3.8, 4) is 6.07 Å². The van der Waals surface area contributed by atoms with Gasteiger partial charge < -0.3 is 11.1 Å². The molecule has 1 aromatic rings. The van der Waals surface area contributed by atoms with Crippen LogP contribution in [0.2, 0.25) is 0 Å². The third-order valence-corrected chi connectivity index (χ3v) is 1.66. The number of nitrogens with one attached hydrogen (secondary N) is 1. The molecule has 74 valence electrons. The van der Waals surface area contributed by atoms with Crippen molar-refractivity contribution in [3.63, 3.8) is 0 Å². The van der Waals surface area contributed by atoms with E-state index < -0.39 is 0 Å². The number of aryl methyl sites for hydroxylation is 1. The van der Waals surface area contributed by atoms with Gasteiger partial charge in [-0.05, 0) is 13.8 Å². The van der Waals surface area contributed by atoms with Crippen LogP contribution >= 0.6 is 0 Å². The monoisotopic (exact) mass is 191 g/mol. The van der Waals surface area contributed by atoms with E-state index in [9.17, 15) is 0 Å². The highest BCUT2D eigenvalue weighted by atomic mass is 15.1. The second kappa shape index (κ2) is 4.42. The predicted molar refractivity (Wildman–Crippen MR) is 54.5 cm³/mol. The van der Waals surface area contributed by atoms with Crippen LogP contribution < -0.4 is 11.1 Å². The van der Waals surface area contributed by atoms with Crippen molar-refractivity contribution >= 4 is 11.8 Å². The van der Waals surface area contributed by atoms with Gasteiger partial charge in [0.15, 0.2) is 0 Å². The van der Waals surface area contributed by atoms with E-state index in [0.717, 1.165) is 5.69 Å². The standard InChI is InChI=1S/C9H13N5/c1-6(3-4-10)12-8-5-7(2)13-9(11)14-8/h5-6H,3H2,1-2H3,(H3,11,12,13,14). The highest BCUT2D eigenvalue weighted by Crippen LogP contribution is 2.09. The van der Waals surface area contributed by atoms with E-state index in [1.54, 1.807) is 6.07 Å². The predicted octanol–water partition coefficient (Wildman–Crippen LogP) is 1.08. The van der Waals surface area contributed by atoms with Crippen LogP contribution in [-0.2, 0) is 0 Å². The first kappa shape index (κ1) is 10.3. The molecule has 1 atom stereocenters. The smallest absolute Gasteiger partial charge is 0.222 e. The van der Waals surface area contributed by atoms with Gasteiger partial charge in [0.1, 0.15) is 5.82 Å². The summed E-state index contributed by atoms with van der Waals surface area (Å²) in [5, 5.41) is 11.5. The van der Waals surface area contributed by atoms with Crippen LogP contribution in [0.15, 0.2) is 6.07 Å². The average Bonchev–Trinajstić information content (AvgIpc) is 2.01. The summed E-state index contributed by atoms with van der Waals surface area (Å²) >= 11 is 0. The van der Waals surface area contributed by atoms with Gasteiger partial charge in [-0.15, -0.1) is 0 Å². The summed E-state index contributed by atoms with van der Waals surface area (Å²) in [6.45, 7) is 3.76. The fraction of sp³-hybridized carbons (Fsp3) is 0.444. The molecule has 0 radical (unpaired) electrons. The van der Waals surface area contributed by atoms with Gasteiger partial charge in [-0.25, -0.2) is 4.98 Å². The fourth-order valence-corrected chi connectivity index (χ4v) is 1.11. The molecule has 1 heterocycles. The van der Waals surface area contributed by atoms with Crippen LogP contribution in [0, 0.1) is 18.3 Å². The molecule has 0 aliphatic rings. The molecule has 0 amide bonds. The van der Waals surface area contributed by atoms with Crippen LogP contribution in [0.5, 0.6) is 0 Å². The second-order valence-corrected chi connectivity index (χ2v) is 3.16. The van der Waals surface area contributed by atoms with Gasteiger partial charge in [-0.2, -0.15) is 10.2 Å². The number of hydrogen-bond acceptors (Lipinski definition) is 5. The van der Waals surface area contributed by atoms with Crippen LogP contribution in [0.4, 0.5) is 11.8 Å². The quantitative estimate of drug-likeness (QED) is 0.746. The minimum absolute atomic E-state index is 0.0636. The summed E-state index contributed by atoms with van der Waals surface area (Å²) in [7, 11) is 0. The first-order chi connectivity index (χ1) is 6.61. The van der Waals surface area contributed by atoms with Gasteiger partial charge in [0.25, 0.3) is 0 Å². The Labute approximate surface area is 83.0 Å². The van der Waals surface area contributed by atoms with Crippen molar-refractivity contribution in [2.24, 2.45) is 0 Å². The van der Waals surface area contributed by atoms with Crippen LogP contribution in [0.1, 0.15) is 19.0 Å². The molecule has 0 saturated heterocycles. The van der Waals surface area contributed by atoms with E-state index in [1.807, 2.05) is 13.8 Å². The highest BCUT2D eigenvalue weighted by Gasteiger charge is 2.03. The van der Waals surface area contributed by atoms with E-state index in [4.69, 9.17) is 11.0 Å². The molecule has 3 N–H and O–H groups in total. The number of hydrogen-bond donors (Lipinski definition) is 2. The molecule has 0 aliphatic heterocycles. The van der Waals surface area contributed by atoms with Crippen molar-refractivity contribution in [1.29, 1.82) is 5.26 Å². The Morgan fingerprint density at radius 3 is 2.93 bits per heavy atom. The van der Waals surface area contributed by atoms with Gasteiger partial charge in [0, 0.05) is 17.8 Å². The molecule has 0 bridgehead atoms. The molecule has 0 spiro atoms. The molecular formula is C9H13N5. The molecule has 0 fully saturated rings. The summed E-state index contributed by atoms with van der Waals surface area (Å²) in [5.74, 6) is 0.911. The fourth-order valence-electron chi connectivity index (χ4n) is 1.11. The summed E-state index contributed by atoms with van der Waals surface area (Å²) in [5.41, 5.74) is 6.29. The summed E-state index contributed by atoms with van der Waals surface area (Å²) in [6.07, 6.45) is 0.433. The van der Waals surface area contributed by atoms with Gasteiger partial charge in [0.05, 0.1) is 12.5 Å². The molecule has 14 heavy (non-hydrogen) atoms. The number of nitrogens with zero attached hydrogens (tertiary/aromatic N) is 3. The minimum Gasteiger partial charge on any atom is -0.368 e. The molecule has 1 aromatic heterocycles. The Morgan fingerprint density at radius 2 is 2.36 bits per heavy atom. The third-order valence-electron chi connectivity index (χ3n) is 1.66. The van der Waals surface area contributed by atoms with E-state index in [0.29, 0.717) is 12.2 Å². The third kappa shape index (κ3) is 2.90. The van der Waals surface area contributed by atoms with Crippen LogP contribution in [0.3, 0.4) is 0 Å². The van der Waals surface area contributed by atoms with E-state index in [1.165, 1.54) is 0 Å². The molecule has 5 nitrogen and oxygen atoms in total. The summed E-state index contributed by atoms with van der Waals surface area (Å²) in [4.78, 5) is 7.95. The number of nitrogen functional groups attached to an aromatic ring is 1. The normalized spacial score (nSPS) is 11.8. The number of anilines is 2. The lowest BCUT2D eigenvalue weighted by Crippen LogP contribution is -2.16. The van der Waals surface area contributed by atoms with Crippen molar-refractivity contribution in [1.82, 2.24) is 9.97 Å². The molecule has 0 aliphatic carbocycles. The average molecular weight is 191 g/mol. The first-order valence-corrected chi connectivity index (χ1v) is 4.36. The summed E-state index contributed by atoms with van der Waals surface area (Å²) < 4.78 is 0. The largest absolute Gasteiger partial charge is 0.368 e. The Morgan fingerprint density at radius 1 is 1.64 bits per heavy atom. The van der Waals surface area contributed by atoms with Gasteiger partial charge in [-0.3, -0.25) is 0 Å². The Balaban J connectivity index is 2.72. The number of aromatic nitrogens is 2. The van der Waals surface area contributed by atoms with E-state index >= 15 is 0 Å². The lowest BCUT2D eigenvalue weighted by molar-refractivity contribution is 0.813. The zero-order chi connectivity index (χ0) is 10.6. The Bertz CT molecular complexity index is 334. The second-order valence-electron chi connectivity index (χ2n) is 3.16. The zero-order valence-corrected chi connectivity index (χ0v) is 8.28. The molecule has 5 heteroatoms. The van der Waals surface area contributed by atoms with Crippen molar-refractivity contribution in [2.75, 3.05) is 11.1 Å². The number of nitriles is 1. The van der Waals surface area contributed by atoms with Gasteiger partial charge >= 0.3 is 0 Å². The van der Waals surface area contributed by atoms with E-state index in [2.05, 4.69) is 21.4 Å². The van der Waals surface area contributed by atoms with Gasteiger partial charge in [-0.1, -0.05) is 0 Å². The lowest BCUT2D eigenvalue weighted by Gasteiger charge is -2.11. The maximum absolute atomic E-state index is 8.48. The van der Waals surface area contributed by atoms with Crippen molar-refractivity contribution in [3.05, 3.63) is 11.8 Å². The first-order valence-electron chi connectivity index (χ1n) is 4.36. The Hall–Kier alpha value is -1.83. The highest BCUT2D eigenvalue weighted by molar-refractivity contribution is 5.40. The molecule has 1 rings (SSSR count). The zero-order valence-electron chi connectivity index (χ0n) is 8.28. The molecule has 0 saturated carbocycles. The topological polar surface area (TPSA) is 87.6 Å². The van der Waals surface area contributed by atoms with E-state index in [-0.39, 0.29) is 12.0 Å². The minimum atomic E-state index is 0.0636. The molecule has 1 unspecified atom stereocenters. The molecule has 0 aromatic carbocycles. The lowest BCUT2D eigenvalue weighted by atomic mass is 10.2. The SMILES string of the molecule is Cc1cc(NC(C)CC#N)nc(N)n1. The van der Waals surface area contributed by atoms with Crippen LogP contribution in [0.25, 0.3) is 0 Å². The Kier molecular flexibility index (Phi) is 3.24. The summed E-state index contributed by atoms with van der Waals surface area (Å²) in [6, 6.07) is 3.94. The maximum Gasteiger partial charge on any atom is 0.222 e. The number of rotatable bonds is 3. The number of nitrogens with two attached hydrogens (primary N) is 1. The van der Waals surface area contributed by atoms with Crippen LogP contribution in [-0.4, -0.2) is 16.0 Å². The maximum atomic E-state index is 8.48. The van der Waals surface area contributed by atoms with Crippen molar-refractivity contribution in [2.45, 2.75) is 26.3 Å². The van der Waals surface area contributed by atoms with Crippen molar-refractivity contribution < 1.29 is 0 Å². The molecular weight excluding hydrogens is 178 g/mol. The van der Waals surface area contributed by atoms with Gasteiger partial charge in [0.2, 0.25) is 5.95 Å².